The van der Waals surface area contributed by atoms with Crippen molar-refractivity contribution in [2.45, 2.75) is 19.8 Å². The average Bonchev–Trinajstić information content (AvgIpc) is 2.36. The van der Waals surface area contributed by atoms with E-state index in [4.69, 9.17) is 0 Å². The second kappa shape index (κ2) is 7.88. The number of carbonyl (C=O) groups is 1. The minimum Gasteiger partial charge on any atom is -0.405 e. The van der Waals surface area contributed by atoms with Gasteiger partial charge < -0.3 is 15.0 Å². The van der Waals surface area contributed by atoms with E-state index in [1.807, 2.05) is 6.92 Å². The highest BCUT2D eigenvalue weighted by atomic mass is 35.5. The second-order valence-electron chi connectivity index (χ2n) is 5.56. The fourth-order valence-corrected chi connectivity index (χ4v) is 2.41. The minimum absolute atomic E-state index is 0. The molecule has 0 aliphatic carbocycles. The Labute approximate surface area is 139 Å². The maximum absolute atomic E-state index is 12.4. The lowest BCUT2D eigenvalue weighted by Gasteiger charge is -2.34. The van der Waals surface area contributed by atoms with E-state index in [-0.39, 0.29) is 42.4 Å². The fraction of sp³-hybridized carbons (Fsp3) is 0.533. The maximum atomic E-state index is 12.4. The standard InChI is InChI=1S/C15H19F3N2O2.ClH/c1-10(12-7-19-8-12)14(21)20(2)9-11-5-3-4-6-13(11)22-15(16,17)18;/h3-6,10,12,19H,7-9H2,1-2H3;1H. The summed E-state index contributed by atoms with van der Waals surface area (Å²) in [6.45, 7) is 3.53. The van der Waals surface area contributed by atoms with Gasteiger partial charge in [0.1, 0.15) is 5.75 Å². The van der Waals surface area contributed by atoms with Gasteiger partial charge >= 0.3 is 6.36 Å². The zero-order valence-electron chi connectivity index (χ0n) is 12.9. The number of halogens is 4. The highest BCUT2D eigenvalue weighted by Gasteiger charge is 2.33. The third-order valence-corrected chi connectivity index (χ3v) is 3.89. The van der Waals surface area contributed by atoms with Crippen molar-refractivity contribution in [2.24, 2.45) is 11.8 Å². The van der Waals surface area contributed by atoms with E-state index in [2.05, 4.69) is 10.1 Å². The second-order valence-corrected chi connectivity index (χ2v) is 5.56. The maximum Gasteiger partial charge on any atom is 0.573 e. The van der Waals surface area contributed by atoms with E-state index >= 15 is 0 Å². The van der Waals surface area contributed by atoms with Crippen molar-refractivity contribution in [1.29, 1.82) is 0 Å². The molecule has 1 heterocycles. The Balaban J connectivity index is 0.00000264. The summed E-state index contributed by atoms with van der Waals surface area (Å²) in [5.74, 6) is -0.209. The van der Waals surface area contributed by atoms with Crippen LogP contribution in [0.25, 0.3) is 0 Å². The van der Waals surface area contributed by atoms with E-state index in [9.17, 15) is 18.0 Å². The molecule has 0 saturated carbocycles. The summed E-state index contributed by atoms with van der Waals surface area (Å²) >= 11 is 0. The molecule has 1 aliphatic rings. The molecule has 2 rings (SSSR count). The Bertz CT molecular complexity index is 536. The molecule has 8 heteroatoms. The average molecular weight is 353 g/mol. The zero-order valence-corrected chi connectivity index (χ0v) is 13.7. The molecule has 0 radical (unpaired) electrons. The highest BCUT2D eigenvalue weighted by Crippen LogP contribution is 2.27. The first kappa shape index (κ1) is 19.6. The van der Waals surface area contributed by atoms with E-state index < -0.39 is 6.36 Å². The molecule has 1 aliphatic heterocycles. The number of para-hydroxylation sites is 1. The summed E-state index contributed by atoms with van der Waals surface area (Å²) in [7, 11) is 1.59. The van der Waals surface area contributed by atoms with Gasteiger partial charge in [-0.25, -0.2) is 0 Å². The van der Waals surface area contributed by atoms with Gasteiger partial charge in [0, 0.05) is 25.1 Å². The summed E-state index contributed by atoms with van der Waals surface area (Å²) in [4.78, 5) is 13.8. The normalized spacial score (nSPS) is 16.0. The monoisotopic (exact) mass is 352 g/mol. The first-order valence-electron chi connectivity index (χ1n) is 7.07. The third-order valence-electron chi connectivity index (χ3n) is 3.89. The SMILES string of the molecule is CC(C(=O)N(C)Cc1ccccc1OC(F)(F)F)C1CNC1.Cl. The number of benzene rings is 1. The van der Waals surface area contributed by atoms with Crippen molar-refractivity contribution in [2.75, 3.05) is 20.1 Å². The predicted octanol–water partition coefficient (Wildman–Crippen LogP) is 2.82. The van der Waals surface area contributed by atoms with Gasteiger partial charge in [-0.15, -0.1) is 25.6 Å². The number of nitrogens with zero attached hydrogens (tertiary/aromatic N) is 1. The number of nitrogens with one attached hydrogen (secondary N) is 1. The molecule has 4 nitrogen and oxygen atoms in total. The number of hydrogen-bond donors (Lipinski definition) is 1. The van der Waals surface area contributed by atoms with Crippen LogP contribution in [0.2, 0.25) is 0 Å². The van der Waals surface area contributed by atoms with Gasteiger partial charge in [0.15, 0.2) is 0 Å². The van der Waals surface area contributed by atoms with Gasteiger partial charge in [0.25, 0.3) is 0 Å². The Morgan fingerprint density at radius 3 is 2.52 bits per heavy atom. The van der Waals surface area contributed by atoms with Crippen molar-refractivity contribution in [1.82, 2.24) is 10.2 Å². The molecular weight excluding hydrogens is 333 g/mol. The fourth-order valence-electron chi connectivity index (χ4n) is 2.41. The molecule has 1 fully saturated rings. The van der Waals surface area contributed by atoms with E-state index in [0.29, 0.717) is 5.56 Å². The topological polar surface area (TPSA) is 41.6 Å². The van der Waals surface area contributed by atoms with Crippen LogP contribution in [0.4, 0.5) is 13.2 Å². The van der Waals surface area contributed by atoms with Crippen molar-refractivity contribution in [3.8, 4) is 5.75 Å². The van der Waals surface area contributed by atoms with E-state index in [0.717, 1.165) is 13.1 Å². The first-order chi connectivity index (χ1) is 10.3. The van der Waals surface area contributed by atoms with Crippen molar-refractivity contribution < 1.29 is 22.7 Å². The lowest BCUT2D eigenvalue weighted by atomic mass is 9.88. The van der Waals surface area contributed by atoms with Crippen LogP contribution in [0.1, 0.15) is 12.5 Å². The molecule has 1 aromatic rings. The quantitative estimate of drug-likeness (QED) is 0.886. The van der Waals surface area contributed by atoms with E-state index in [1.54, 1.807) is 13.1 Å². The van der Waals surface area contributed by atoms with Crippen molar-refractivity contribution in [3.05, 3.63) is 29.8 Å². The summed E-state index contributed by atoms with van der Waals surface area (Å²) < 4.78 is 41.2. The van der Waals surface area contributed by atoms with Crippen molar-refractivity contribution >= 4 is 18.3 Å². The molecule has 0 spiro atoms. The summed E-state index contributed by atoms with van der Waals surface area (Å²) in [5, 5.41) is 3.10. The molecule has 1 saturated heterocycles. The van der Waals surface area contributed by atoms with Crippen LogP contribution < -0.4 is 10.1 Å². The van der Waals surface area contributed by atoms with Gasteiger partial charge in [-0.3, -0.25) is 4.79 Å². The molecule has 1 N–H and O–H groups in total. The number of amides is 1. The molecule has 1 amide bonds. The lowest BCUT2D eigenvalue weighted by Crippen LogP contribution is -2.49. The Morgan fingerprint density at radius 1 is 1.39 bits per heavy atom. The Kier molecular flexibility index (Phi) is 6.70. The number of carbonyl (C=O) groups excluding carboxylic acids is 1. The molecule has 0 aromatic heterocycles. The zero-order chi connectivity index (χ0) is 16.3. The molecule has 0 bridgehead atoms. The first-order valence-corrected chi connectivity index (χ1v) is 7.07. The predicted molar refractivity (Wildman–Crippen MR) is 82.4 cm³/mol. The van der Waals surface area contributed by atoms with Crippen LogP contribution in [0.5, 0.6) is 5.75 Å². The Hall–Kier alpha value is -1.47. The van der Waals surface area contributed by atoms with Crippen LogP contribution >= 0.6 is 12.4 Å². The van der Waals surface area contributed by atoms with Crippen molar-refractivity contribution in [3.63, 3.8) is 0 Å². The Morgan fingerprint density at radius 2 is 2.00 bits per heavy atom. The lowest BCUT2D eigenvalue weighted by molar-refractivity contribution is -0.275. The highest BCUT2D eigenvalue weighted by molar-refractivity contribution is 5.85. The molecule has 1 unspecified atom stereocenters. The van der Waals surface area contributed by atoms with Crippen LogP contribution in [0.3, 0.4) is 0 Å². The molecule has 1 aromatic carbocycles. The van der Waals surface area contributed by atoms with Crippen LogP contribution in [0.15, 0.2) is 24.3 Å². The minimum atomic E-state index is -4.75. The molecular formula is C15H20ClF3N2O2. The third kappa shape index (κ3) is 5.28. The molecule has 23 heavy (non-hydrogen) atoms. The van der Waals surface area contributed by atoms with Crippen LogP contribution in [0, 0.1) is 11.8 Å². The van der Waals surface area contributed by atoms with Gasteiger partial charge in [-0.05, 0) is 25.1 Å². The number of rotatable bonds is 5. The van der Waals surface area contributed by atoms with Gasteiger partial charge in [-0.1, -0.05) is 25.1 Å². The van der Waals surface area contributed by atoms with Gasteiger partial charge in [0.05, 0.1) is 0 Å². The summed E-state index contributed by atoms with van der Waals surface area (Å²) in [6, 6.07) is 5.87. The number of hydrogen-bond acceptors (Lipinski definition) is 3. The number of ether oxygens (including phenoxy) is 1. The van der Waals surface area contributed by atoms with E-state index in [1.165, 1.54) is 23.1 Å². The largest absolute Gasteiger partial charge is 0.573 e. The summed E-state index contributed by atoms with van der Waals surface area (Å²) in [5.41, 5.74) is 0.328. The number of alkyl halides is 3. The smallest absolute Gasteiger partial charge is 0.405 e. The van der Waals surface area contributed by atoms with Crippen LogP contribution in [-0.4, -0.2) is 37.3 Å². The molecule has 130 valence electrons. The van der Waals surface area contributed by atoms with Gasteiger partial charge in [-0.2, -0.15) is 0 Å². The molecule has 1 atom stereocenters. The van der Waals surface area contributed by atoms with Crippen LogP contribution in [-0.2, 0) is 11.3 Å². The summed E-state index contributed by atoms with van der Waals surface area (Å²) in [6.07, 6.45) is -4.75. The van der Waals surface area contributed by atoms with Gasteiger partial charge in [0.2, 0.25) is 5.91 Å².